The van der Waals surface area contributed by atoms with Crippen LogP contribution < -0.4 is 10.6 Å². The van der Waals surface area contributed by atoms with E-state index >= 15 is 0 Å². The predicted octanol–water partition coefficient (Wildman–Crippen LogP) is 2.21. The minimum atomic E-state index is 0.177. The summed E-state index contributed by atoms with van der Waals surface area (Å²) in [5.41, 5.74) is 0.493. The third kappa shape index (κ3) is 4.66. The third-order valence-electron chi connectivity index (χ3n) is 4.07. The average Bonchev–Trinajstić information content (AvgIpc) is 3.05. The van der Waals surface area contributed by atoms with Gasteiger partial charge in [0, 0.05) is 12.1 Å². The number of rotatable bonds is 4. The molecule has 0 saturated heterocycles. The summed E-state index contributed by atoms with van der Waals surface area (Å²) < 4.78 is 0. The van der Waals surface area contributed by atoms with Gasteiger partial charge in [-0.2, -0.15) is 0 Å². The minimum Gasteiger partial charge on any atom is -0.352 e. The molecule has 0 aromatic carbocycles. The number of carbonyl (C=O) groups is 1. The van der Waals surface area contributed by atoms with Crippen LogP contribution in [0.5, 0.6) is 0 Å². The topological polar surface area (TPSA) is 41.1 Å². The van der Waals surface area contributed by atoms with Crippen molar-refractivity contribution in [3.05, 3.63) is 0 Å². The van der Waals surface area contributed by atoms with Gasteiger partial charge in [-0.1, -0.05) is 20.3 Å². The smallest absolute Gasteiger partial charge is 0.234 e. The van der Waals surface area contributed by atoms with Crippen LogP contribution in [-0.4, -0.2) is 24.5 Å². The molecular weight excluding hydrogens is 212 g/mol. The summed E-state index contributed by atoms with van der Waals surface area (Å²) in [5.74, 6) is 0.177. The summed E-state index contributed by atoms with van der Waals surface area (Å²) in [6.07, 6.45) is 8.65. The van der Waals surface area contributed by atoms with Crippen molar-refractivity contribution in [1.29, 1.82) is 0 Å². The Hall–Kier alpha value is -0.570. The molecule has 0 aromatic rings. The van der Waals surface area contributed by atoms with Crippen molar-refractivity contribution >= 4 is 5.91 Å². The van der Waals surface area contributed by atoms with E-state index in [9.17, 15) is 4.79 Å². The summed E-state index contributed by atoms with van der Waals surface area (Å²) in [6.45, 7) is 5.21. The van der Waals surface area contributed by atoms with Gasteiger partial charge in [0.1, 0.15) is 0 Å². The number of carbonyl (C=O) groups excluding carboxylic acids is 1. The molecule has 0 aromatic heterocycles. The van der Waals surface area contributed by atoms with Gasteiger partial charge in [-0.05, 0) is 43.9 Å². The second-order valence-corrected chi connectivity index (χ2v) is 6.51. The maximum absolute atomic E-state index is 11.6. The highest BCUT2D eigenvalue weighted by Gasteiger charge is 2.25. The highest BCUT2D eigenvalue weighted by Crippen LogP contribution is 2.33. The van der Waals surface area contributed by atoms with E-state index in [1.807, 2.05) is 0 Å². The fourth-order valence-corrected chi connectivity index (χ4v) is 2.61. The Labute approximate surface area is 105 Å². The van der Waals surface area contributed by atoms with Crippen LogP contribution in [0.2, 0.25) is 0 Å². The first kappa shape index (κ1) is 12.9. The van der Waals surface area contributed by atoms with Crippen molar-refractivity contribution < 1.29 is 4.79 Å². The molecule has 1 unspecified atom stereocenters. The Morgan fingerprint density at radius 2 is 1.88 bits per heavy atom. The van der Waals surface area contributed by atoms with Gasteiger partial charge in [-0.3, -0.25) is 4.79 Å². The molecule has 3 nitrogen and oxygen atoms in total. The van der Waals surface area contributed by atoms with Crippen molar-refractivity contribution in [3.8, 4) is 0 Å². The molecule has 0 radical (unpaired) electrons. The van der Waals surface area contributed by atoms with Gasteiger partial charge in [-0.25, -0.2) is 0 Å². The van der Waals surface area contributed by atoms with E-state index in [0.717, 1.165) is 0 Å². The lowest BCUT2D eigenvalue weighted by molar-refractivity contribution is -0.120. The minimum absolute atomic E-state index is 0.177. The van der Waals surface area contributed by atoms with E-state index in [4.69, 9.17) is 0 Å². The molecule has 0 bridgehead atoms. The first-order valence-electron chi connectivity index (χ1n) is 7.08. The quantitative estimate of drug-likeness (QED) is 0.737. The monoisotopic (exact) mass is 238 g/mol. The molecule has 98 valence electrons. The SMILES string of the molecule is CC1(C)CCCC(NCC(=O)NC2CC2)CC1. The first-order valence-corrected chi connectivity index (χ1v) is 7.08. The van der Waals surface area contributed by atoms with Crippen molar-refractivity contribution in [1.82, 2.24) is 10.6 Å². The Morgan fingerprint density at radius 3 is 2.59 bits per heavy atom. The average molecular weight is 238 g/mol. The van der Waals surface area contributed by atoms with Crippen LogP contribution in [-0.2, 0) is 4.79 Å². The van der Waals surface area contributed by atoms with Gasteiger partial charge in [-0.15, -0.1) is 0 Å². The van der Waals surface area contributed by atoms with Crippen LogP contribution in [0.4, 0.5) is 0 Å². The van der Waals surface area contributed by atoms with Gasteiger partial charge in [0.05, 0.1) is 6.54 Å². The molecule has 2 aliphatic carbocycles. The Balaban J connectivity index is 1.66. The maximum atomic E-state index is 11.6. The zero-order chi connectivity index (χ0) is 12.3. The molecule has 2 rings (SSSR count). The summed E-state index contributed by atoms with van der Waals surface area (Å²) in [6, 6.07) is 1.03. The molecule has 0 heterocycles. The summed E-state index contributed by atoms with van der Waals surface area (Å²) in [7, 11) is 0. The fourth-order valence-electron chi connectivity index (χ4n) is 2.61. The molecular formula is C14H26N2O. The molecule has 2 fully saturated rings. The van der Waals surface area contributed by atoms with E-state index in [2.05, 4.69) is 24.5 Å². The van der Waals surface area contributed by atoms with E-state index in [0.29, 0.717) is 24.0 Å². The van der Waals surface area contributed by atoms with E-state index in [1.54, 1.807) is 0 Å². The number of hydrogen-bond acceptors (Lipinski definition) is 2. The molecule has 1 atom stereocenters. The molecule has 1 amide bonds. The summed E-state index contributed by atoms with van der Waals surface area (Å²) in [4.78, 5) is 11.6. The Morgan fingerprint density at radius 1 is 1.12 bits per heavy atom. The van der Waals surface area contributed by atoms with Crippen molar-refractivity contribution in [2.45, 2.75) is 70.9 Å². The Bertz CT molecular complexity index is 271. The lowest BCUT2D eigenvalue weighted by atomic mass is 9.85. The van der Waals surface area contributed by atoms with Gasteiger partial charge in [0.2, 0.25) is 5.91 Å². The van der Waals surface area contributed by atoms with Gasteiger partial charge >= 0.3 is 0 Å². The van der Waals surface area contributed by atoms with Crippen LogP contribution in [0.1, 0.15) is 58.8 Å². The molecule has 17 heavy (non-hydrogen) atoms. The molecule has 2 aliphatic rings. The number of hydrogen-bond donors (Lipinski definition) is 2. The maximum Gasteiger partial charge on any atom is 0.234 e. The zero-order valence-electron chi connectivity index (χ0n) is 11.2. The van der Waals surface area contributed by atoms with Gasteiger partial charge in [0.15, 0.2) is 0 Å². The largest absolute Gasteiger partial charge is 0.352 e. The Kier molecular flexibility index (Phi) is 4.08. The van der Waals surface area contributed by atoms with Crippen LogP contribution in [0, 0.1) is 5.41 Å². The van der Waals surface area contributed by atoms with Crippen molar-refractivity contribution in [2.24, 2.45) is 5.41 Å². The number of nitrogens with one attached hydrogen (secondary N) is 2. The van der Waals surface area contributed by atoms with Crippen molar-refractivity contribution in [3.63, 3.8) is 0 Å². The van der Waals surface area contributed by atoms with Crippen molar-refractivity contribution in [2.75, 3.05) is 6.54 Å². The molecule has 0 spiro atoms. The second-order valence-electron chi connectivity index (χ2n) is 6.51. The van der Waals surface area contributed by atoms with E-state index in [1.165, 1.54) is 44.9 Å². The third-order valence-corrected chi connectivity index (χ3v) is 4.07. The second kappa shape index (κ2) is 5.38. The lowest BCUT2D eigenvalue weighted by Crippen LogP contribution is -2.39. The number of amides is 1. The van der Waals surface area contributed by atoms with E-state index in [-0.39, 0.29) is 5.91 Å². The van der Waals surface area contributed by atoms with Crippen LogP contribution in [0.25, 0.3) is 0 Å². The normalized spacial score (nSPS) is 28.5. The predicted molar refractivity (Wildman–Crippen MR) is 69.8 cm³/mol. The first-order chi connectivity index (χ1) is 8.05. The van der Waals surface area contributed by atoms with Crippen LogP contribution in [0.3, 0.4) is 0 Å². The molecule has 2 N–H and O–H groups in total. The summed E-state index contributed by atoms with van der Waals surface area (Å²) >= 11 is 0. The highest BCUT2D eigenvalue weighted by molar-refractivity contribution is 5.78. The fraction of sp³-hybridized carbons (Fsp3) is 0.929. The highest BCUT2D eigenvalue weighted by atomic mass is 16.2. The molecule has 2 saturated carbocycles. The van der Waals surface area contributed by atoms with Gasteiger partial charge < -0.3 is 10.6 Å². The van der Waals surface area contributed by atoms with Crippen LogP contribution in [0.15, 0.2) is 0 Å². The van der Waals surface area contributed by atoms with E-state index < -0.39 is 0 Å². The lowest BCUT2D eigenvalue weighted by Gasteiger charge is -2.22. The molecule has 3 heteroatoms. The molecule has 0 aliphatic heterocycles. The summed E-state index contributed by atoms with van der Waals surface area (Å²) in [5, 5.41) is 6.44. The zero-order valence-corrected chi connectivity index (χ0v) is 11.2. The standard InChI is InChI=1S/C14H26N2O/c1-14(2)8-3-4-11(7-9-14)15-10-13(17)16-12-5-6-12/h11-12,15H,3-10H2,1-2H3,(H,16,17). The van der Waals surface area contributed by atoms with Crippen LogP contribution >= 0.6 is 0 Å². The van der Waals surface area contributed by atoms with Gasteiger partial charge in [0.25, 0.3) is 0 Å².